The van der Waals surface area contributed by atoms with E-state index in [0.717, 1.165) is 5.92 Å². The van der Waals surface area contributed by atoms with Gasteiger partial charge in [0.1, 0.15) is 0 Å². The van der Waals surface area contributed by atoms with E-state index in [1.165, 1.54) is 64.7 Å². The second-order valence-corrected chi connectivity index (χ2v) is 6.49. The molecule has 0 aromatic carbocycles. The monoisotopic (exact) mass is 254 g/mol. The smallest absolute Gasteiger partial charge is 0.00501 e. The normalized spacial score (nSPS) is 28.8. The molecule has 2 nitrogen and oxygen atoms in total. The predicted molar refractivity (Wildman–Crippen MR) is 81.0 cm³/mol. The molecule has 0 heterocycles. The molecular formula is C16H34N2. The summed E-state index contributed by atoms with van der Waals surface area (Å²) in [6.45, 7) is 12.1. The van der Waals surface area contributed by atoms with E-state index >= 15 is 0 Å². The SMILES string of the molecule is CCCN(CCC)CC1(CNC)CCC(C)CC1. The molecule has 0 radical (unpaired) electrons. The molecule has 2 heteroatoms. The van der Waals surface area contributed by atoms with Crippen molar-refractivity contribution >= 4 is 0 Å². The highest BCUT2D eigenvalue weighted by Crippen LogP contribution is 2.39. The minimum Gasteiger partial charge on any atom is -0.319 e. The van der Waals surface area contributed by atoms with Gasteiger partial charge >= 0.3 is 0 Å². The Labute approximate surface area is 115 Å². The topological polar surface area (TPSA) is 15.3 Å². The van der Waals surface area contributed by atoms with Gasteiger partial charge in [-0.1, -0.05) is 33.6 Å². The van der Waals surface area contributed by atoms with E-state index in [1.54, 1.807) is 0 Å². The number of hydrogen-bond acceptors (Lipinski definition) is 2. The Bertz CT molecular complexity index is 201. The van der Waals surface area contributed by atoms with Crippen molar-refractivity contribution in [2.45, 2.75) is 59.3 Å². The van der Waals surface area contributed by atoms with Gasteiger partial charge in [0.2, 0.25) is 0 Å². The summed E-state index contributed by atoms with van der Waals surface area (Å²) in [6, 6.07) is 0. The van der Waals surface area contributed by atoms with E-state index in [1.807, 2.05) is 0 Å². The summed E-state index contributed by atoms with van der Waals surface area (Å²) in [5, 5.41) is 3.46. The maximum atomic E-state index is 3.46. The van der Waals surface area contributed by atoms with E-state index in [0.29, 0.717) is 5.41 Å². The molecular weight excluding hydrogens is 220 g/mol. The lowest BCUT2D eigenvalue weighted by atomic mass is 9.70. The zero-order valence-electron chi connectivity index (χ0n) is 13.1. The van der Waals surface area contributed by atoms with Crippen molar-refractivity contribution in [2.75, 3.05) is 33.2 Å². The van der Waals surface area contributed by atoms with E-state index in [2.05, 4.69) is 38.0 Å². The van der Waals surface area contributed by atoms with Crippen molar-refractivity contribution in [3.63, 3.8) is 0 Å². The van der Waals surface area contributed by atoms with E-state index in [4.69, 9.17) is 0 Å². The fourth-order valence-electron chi connectivity index (χ4n) is 3.52. The van der Waals surface area contributed by atoms with Crippen LogP contribution in [0.3, 0.4) is 0 Å². The fraction of sp³-hybridized carbons (Fsp3) is 1.00. The van der Waals surface area contributed by atoms with Gasteiger partial charge in [-0.2, -0.15) is 0 Å². The zero-order valence-corrected chi connectivity index (χ0v) is 13.1. The Balaban J connectivity index is 2.59. The molecule has 0 bridgehead atoms. The van der Waals surface area contributed by atoms with E-state index in [9.17, 15) is 0 Å². The molecule has 0 spiro atoms. The summed E-state index contributed by atoms with van der Waals surface area (Å²) in [7, 11) is 2.11. The highest BCUT2D eigenvalue weighted by atomic mass is 15.1. The van der Waals surface area contributed by atoms with E-state index < -0.39 is 0 Å². The van der Waals surface area contributed by atoms with Crippen molar-refractivity contribution in [1.82, 2.24) is 10.2 Å². The van der Waals surface area contributed by atoms with Crippen LogP contribution in [0.2, 0.25) is 0 Å². The third-order valence-corrected chi connectivity index (χ3v) is 4.53. The Hall–Kier alpha value is -0.0800. The minimum absolute atomic E-state index is 0.547. The van der Waals surface area contributed by atoms with Crippen molar-refractivity contribution in [3.8, 4) is 0 Å². The maximum absolute atomic E-state index is 3.46. The van der Waals surface area contributed by atoms with Gasteiger partial charge < -0.3 is 10.2 Å². The molecule has 1 saturated carbocycles. The first-order valence-electron chi connectivity index (χ1n) is 8.02. The van der Waals surface area contributed by atoms with Crippen LogP contribution in [-0.2, 0) is 0 Å². The van der Waals surface area contributed by atoms with Crippen LogP contribution in [0.4, 0.5) is 0 Å². The molecule has 0 unspecified atom stereocenters. The predicted octanol–water partition coefficient (Wildman–Crippen LogP) is 3.52. The first kappa shape index (κ1) is 16.0. The highest BCUT2D eigenvalue weighted by Gasteiger charge is 2.34. The van der Waals surface area contributed by atoms with Gasteiger partial charge in [0.15, 0.2) is 0 Å². The second-order valence-electron chi connectivity index (χ2n) is 6.49. The first-order chi connectivity index (χ1) is 8.65. The van der Waals surface area contributed by atoms with Gasteiger partial charge in [0.05, 0.1) is 0 Å². The molecule has 18 heavy (non-hydrogen) atoms. The van der Waals surface area contributed by atoms with Gasteiger partial charge in [-0.05, 0) is 57.2 Å². The molecule has 0 amide bonds. The van der Waals surface area contributed by atoms with Crippen molar-refractivity contribution < 1.29 is 0 Å². The summed E-state index contributed by atoms with van der Waals surface area (Å²) in [4.78, 5) is 2.70. The van der Waals surface area contributed by atoms with Crippen molar-refractivity contribution in [2.24, 2.45) is 11.3 Å². The largest absolute Gasteiger partial charge is 0.319 e. The molecule has 108 valence electrons. The quantitative estimate of drug-likeness (QED) is 0.713. The molecule has 1 fully saturated rings. The third kappa shape index (κ3) is 4.89. The van der Waals surface area contributed by atoms with Crippen LogP contribution < -0.4 is 5.32 Å². The van der Waals surface area contributed by atoms with Crippen LogP contribution in [-0.4, -0.2) is 38.1 Å². The maximum Gasteiger partial charge on any atom is 0.00501 e. The lowest BCUT2D eigenvalue weighted by Gasteiger charge is -2.43. The van der Waals surface area contributed by atoms with Gasteiger partial charge in [-0.25, -0.2) is 0 Å². The molecule has 0 aromatic heterocycles. The van der Waals surface area contributed by atoms with Crippen LogP contribution in [0.15, 0.2) is 0 Å². The van der Waals surface area contributed by atoms with Gasteiger partial charge in [0, 0.05) is 13.1 Å². The molecule has 0 saturated heterocycles. The standard InChI is InChI=1S/C16H34N2/c1-5-11-18(12-6-2)14-16(13-17-4)9-7-15(3)8-10-16/h15,17H,5-14H2,1-4H3. The Kier molecular flexibility index (Phi) is 7.25. The molecule has 1 rings (SSSR count). The number of nitrogens with zero attached hydrogens (tertiary/aromatic N) is 1. The van der Waals surface area contributed by atoms with Gasteiger partial charge in [0.25, 0.3) is 0 Å². The summed E-state index contributed by atoms with van der Waals surface area (Å²) in [6.07, 6.45) is 8.25. The number of nitrogens with one attached hydrogen (secondary N) is 1. The molecule has 1 N–H and O–H groups in total. The third-order valence-electron chi connectivity index (χ3n) is 4.53. The average Bonchev–Trinajstić information content (AvgIpc) is 2.34. The van der Waals surface area contributed by atoms with Gasteiger partial charge in [-0.15, -0.1) is 0 Å². The first-order valence-corrected chi connectivity index (χ1v) is 8.02. The van der Waals surface area contributed by atoms with Crippen molar-refractivity contribution in [3.05, 3.63) is 0 Å². The lowest BCUT2D eigenvalue weighted by Crippen LogP contribution is -2.46. The summed E-state index contributed by atoms with van der Waals surface area (Å²) in [5.41, 5.74) is 0.547. The van der Waals surface area contributed by atoms with E-state index in [-0.39, 0.29) is 0 Å². The minimum atomic E-state index is 0.547. The summed E-state index contributed by atoms with van der Waals surface area (Å²) < 4.78 is 0. The van der Waals surface area contributed by atoms with Crippen LogP contribution in [0.1, 0.15) is 59.3 Å². The van der Waals surface area contributed by atoms with Gasteiger partial charge in [-0.3, -0.25) is 0 Å². The molecule has 1 aliphatic carbocycles. The Morgan fingerprint density at radius 1 is 1.11 bits per heavy atom. The molecule has 0 aliphatic heterocycles. The van der Waals surface area contributed by atoms with Crippen molar-refractivity contribution in [1.29, 1.82) is 0 Å². The number of rotatable bonds is 8. The van der Waals surface area contributed by atoms with Crippen LogP contribution in [0.5, 0.6) is 0 Å². The summed E-state index contributed by atoms with van der Waals surface area (Å²) in [5.74, 6) is 0.945. The van der Waals surface area contributed by atoms with Crippen LogP contribution in [0, 0.1) is 11.3 Å². The molecule has 0 aromatic rings. The zero-order chi connectivity index (χ0) is 13.4. The molecule has 1 aliphatic rings. The van der Waals surface area contributed by atoms with Crippen LogP contribution in [0.25, 0.3) is 0 Å². The summed E-state index contributed by atoms with van der Waals surface area (Å²) >= 11 is 0. The lowest BCUT2D eigenvalue weighted by molar-refractivity contribution is 0.0879. The fourth-order valence-corrected chi connectivity index (χ4v) is 3.52. The second kappa shape index (κ2) is 8.16. The van der Waals surface area contributed by atoms with Crippen LogP contribution >= 0.6 is 0 Å². The average molecular weight is 254 g/mol. The number of hydrogen-bond donors (Lipinski definition) is 1. The highest BCUT2D eigenvalue weighted by molar-refractivity contribution is 4.89. The Morgan fingerprint density at radius 2 is 1.67 bits per heavy atom. The molecule has 0 atom stereocenters. The Morgan fingerprint density at radius 3 is 2.11 bits per heavy atom.